The average molecular weight is 349 g/mol. The molecule has 2 unspecified atom stereocenters. The summed E-state index contributed by atoms with van der Waals surface area (Å²) in [5.74, 6) is 1.03. The summed E-state index contributed by atoms with van der Waals surface area (Å²) in [6.07, 6.45) is 1.92. The third kappa shape index (κ3) is 3.54. The molecule has 0 spiro atoms. The number of piperazine rings is 1. The first-order chi connectivity index (χ1) is 10.1. The van der Waals surface area contributed by atoms with E-state index in [9.17, 15) is 0 Å². The molecule has 4 nitrogen and oxygen atoms in total. The van der Waals surface area contributed by atoms with Crippen LogP contribution in [-0.2, 0) is 6.54 Å². The van der Waals surface area contributed by atoms with Crippen LogP contribution in [0.5, 0.6) is 0 Å². The third-order valence-electron chi connectivity index (χ3n) is 4.01. The standard InChI is InChI=1S/C16H21BrN4/c1-11-9-21(12(2)7-18-11)10-16-19-8-15(20-16)13-4-3-5-14(17)6-13/h3-6,8,11-12,18H,7,9-10H2,1-2H3,(H,19,20). The van der Waals surface area contributed by atoms with Crippen molar-refractivity contribution in [2.45, 2.75) is 32.5 Å². The van der Waals surface area contributed by atoms with Crippen molar-refractivity contribution in [1.29, 1.82) is 0 Å². The van der Waals surface area contributed by atoms with E-state index >= 15 is 0 Å². The maximum Gasteiger partial charge on any atom is 0.120 e. The van der Waals surface area contributed by atoms with E-state index in [1.807, 2.05) is 18.3 Å². The second-order valence-corrected chi connectivity index (χ2v) is 6.76. The van der Waals surface area contributed by atoms with E-state index < -0.39 is 0 Å². The van der Waals surface area contributed by atoms with Gasteiger partial charge in [0.05, 0.1) is 18.4 Å². The number of hydrogen-bond acceptors (Lipinski definition) is 3. The van der Waals surface area contributed by atoms with E-state index in [2.05, 4.69) is 62.1 Å². The summed E-state index contributed by atoms with van der Waals surface area (Å²) in [7, 11) is 0. The van der Waals surface area contributed by atoms with Crippen LogP contribution in [0.4, 0.5) is 0 Å². The fourth-order valence-electron chi connectivity index (χ4n) is 2.76. The third-order valence-corrected chi connectivity index (χ3v) is 4.50. The van der Waals surface area contributed by atoms with Crippen LogP contribution in [0.3, 0.4) is 0 Å². The van der Waals surface area contributed by atoms with Gasteiger partial charge in [-0.3, -0.25) is 4.90 Å². The molecule has 2 N–H and O–H groups in total. The van der Waals surface area contributed by atoms with E-state index in [0.29, 0.717) is 12.1 Å². The highest BCUT2D eigenvalue weighted by atomic mass is 79.9. The van der Waals surface area contributed by atoms with E-state index in [1.54, 1.807) is 0 Å². The van der Waals surface area contributed by atoms with Gasteiger partial charge in [-0.15, -0.1) is 0 Å². The number of rotatable bonds is 3. The predicted octanol–water partition coefficient (Wildman–Crippen LogP) is 3.02. The van der Waals surface area contributed by atoms with Crippen LogP contribution in [0.15, 0.2) is 34.9 Å². The van der Waals surface area contributed by atoms with E-state index in [0.717, 1.165) is 41.2 Å². The molecule has 5 heteroatoms. The van der Waals surface area contributed by atoms with Gasteiger partial charge in [0.1, 0.15) is 5.82 Å². The Morgan fingerprint density at radius 3 is 3.05 bits per heavy atom. The number of halogens is 1. The monoisotopic (exact) mass is 348 g/mol. The highest BCUT2D eigenvalue weighted by Crippen LogP contribution is 2.22. The molecule has 3 rings (SSSR count). The molecule has 112 valence electrons. The molecule has 1 aliphatic rings. The summed E-state index contributed by atoms with van der Waals surface area (Å²) in [6.45, 7) is 7.47. The molecule has 0 amide bonds. The van der Waals surface area contributed by atoms with Gasteiger partial charge in [0.25, 0.3) is 0 Å². The lowest BCUT2D eigenvalue weighted by Gasteiger charge is -2.36. The highest BCUT2D eigenvalue weighted by Gasteiger charge is 2.23. The molecule has 0 bridgehead atoms. The van der Waals surface area contributed by atoms with Crippen molar-refractivity contribution in [3.63, 3.8) is 0 Å². The fraction of sp³-hybridized carbons (Fsp3) is 0.438. The van der Waals surface area contributed by atoms with Gasteiger partial charge in [0, 0.05) is 35.2 Å². The zero-order valence-electron chi connectivity index (χ0n) is 12.4. The molecular formula is C16H21BrN4. The van der Waals surface area contributed by atoms with Crippen LogP contribution >= 0.6 is 15.9 Å². The molecule has 1 aliphatic heterocycles. The number of hydrogen-bond donors (Lipinski definition) is 2. The SMILES string of the molecule is CC1CN(Cc2ncc(-c3cccc(Br)c3)[nH]2)C(C)CN1. The number of imidazole rings is 1. The lowest BCUT2D eigenvalue weighted by molar-refractivity contribution is 0.136. The minimum Gasteiger partial charge on any atom is -0.341 e. The Balaban J connectivity index is 1.73. The Labute approximate surface area is 134 Å². The first kappa shape index (κ1) is 14.8. The molecule has 2 heterocycles. The lowest BCUT2D eigenvalue weighted by Crippen LogP contribution is -2.53. The normalized spacial score (nSPS) is 23.4. The zero-order valence-corrected chi connectivity index (χ0v) is 14.0. The quantitative estimate of drug-likeness (QED) is 0.895. The van der Waals surface area contributed by atoms with Gasteiger partial charge in [-0.05, 0) is 26.0 Å². The summed E-state index contributed by atoms with van der Waals surface area (Å²) in [5, 5.41) is 3.51. The van der Waals surface area contributed by atoms with Gasteiger partial charge >= 0.3 is 0 Å². The minimum absolute atomic E-state index is 0.542. The van der Waals surface area contributed by atoms with Crippen molar-refractivity contribution in [2.75, 3.05) is 13.1 Å². The molecule has 2 aromatic rings. The van der Waals surface area contributed by atoms with Crippen LogP contribution in [0.2, 0.25) is 0 Å². The molecule has 0 radical (unpaired) electrons. The number of aromatic nitrogens is 2. The van der Waals surface area contributed by atoms with Crippen LogP contribution in [-0.4, -0.2) is 40.0 Å². The first-order valence-corrected chi connectivity index (χ1v) is 8.18. The van der Waals surface area contributed by atoms with Gasteiger partial charge in [-0.25, -0.2) is 4.98 Å². The molecule has 0 saturated carbocycles. The molecule has 2 atom stereocenters. The topological polar surface area (TPSA) is 44.0 Å². The number of nitrogens with zero attached hydrogens (tertiary/aromatic N) is 2. The summed E-state index contributed by atoms with van der Waals surface area (Å²) < 4.78 is 1.08. The van der Waals surface area contributed by atoms with Crippen LogP contribution in [0, 0.1) is 0 Å². The van der Waals surface area contributed by atoms with Crippen molar-refractivity contribution < 1.29 is 0 Å². The molecule has 1 aromatic heterocycles. The molecule has 1 fully saturated rings. The first-order valence-electron chi connectivity index (χ1n) is 7.39. The lowest BCUT2D eigenvalue weighted by atomic mass is 10.1. The Hall–Kier alpha value is -1.17. The van der Waals surface area contributed by atoms with Gasteiger partial charge in [0.15, 0.2) is 0 Å². The maximum absolute atomic E-state index is 4.54. The van der Waals surface area contributed by atoms with Gasteiger partial charge in [-0.1, -0.05) is 28.1 Å². The van der Waals surface area contributed by atoms with Crippen LogP contribution in [0.25, 0.3) is 11.3 Å². The van der Waals surface area contributed by atoms with Crippen LogP contribution < -0.4 is 5.32 Å². The minimum atomic E-state index is 0.542. The Kier molecular flexibility index (Phi) is 4.42. The molecule has 1 aromatic carbocycles. The number of nitrogens with one attached hydrogen (secondary N) is 2. The number of H-pyrrole nitrogens is 1. The Bertz CT molecular complexity index is 610. The van der Waals surface area contributed by atoms with Gasteiger partial charge < -0.3 is 10.3 Å². The van der Waals surface area contributed by atoms with Crippen molar-refractivity contribution in [2.24, 2.45) is 0 Å². The Morgan fingerprint density at radius 2 is 2.24 bits per heavy atom. The Morgan fingerprint density at radius 1 is 1.38 bits per heavy atom. The zero-order chi connectivity index (χ0) is 14.8. The van der Waals surface area contributed by atoms with E-state index in [1.165, 1.54) is 0 Å². The second kappa shape index (κ2) is 6.30. The van der Waals surface area contributed by atoms with E-state index in [-0.39, 0.29) is 0 Å². The van der Waals surface area contributed by atoms with Crippen LogP contribution in [0.1, 0.15) is 19.7 Å². The summed E-state index contributed by atoms with van der Waals surface area (Å²) in [4.78, 5) is 10.5. The second-order valence-electron chi connectivity index (χ2n) is 5.84. The smallest absolute Gasteiger partial charge is 0.120 e. The highest BCUT2D eigenvalue weighted by molar-refractivity contribution is 9.10. The summed E-state index contributed by atoms with van der Waals surface area (Å²) >= 11 is 3.51. The van der Waals surface area contributed by atoms with E-state index in [4.69, 9.17) is 0 Å². The van der Waals surface area contributed by atoms with Crippen molar-refractivity contribution in [3.8, 4) is 11.3 Å². The largest absolute Gasteiger partial charge is 0.341 e. The molecule has 1 saturated heterocycles. The molecular weight excluding hydrogens is 328 g/mol. The summed E-state index contributed by atoms with van der Waals surface area (Å²) in [5.41, 5.74) is 2.23. The molecule has 0 aliphatic carbocycles. The number of aromatic amines is 1. The summed E-state index contributed by atoms with van der Waals surface area (Å²) in [6, 6.07) is 9.36. The predicted molar refractivity (Wildman–Crippen MR) is 89.1 cm³/mol. The van der Waals surface area contributed by atoms with Crippen molar-refractivity contribution in [3.05, 3.63) is 40.8 Å². The number of benzene rings is 1. The average Bonchev–Trinajstić information content (AvgIpc) is 2.91. The van der Waals surface area contributed by atoms with Crippen molar-refractivity contribution >= 4 is 15.9 Å². The van der Waals surface area contributed by atoms with Crippen molar-refractivity contribution in [1.82, 2.24) is 20.2 Å². The maximum atomic E-state index is 4.54. The van der Waals surface area contributed by atoms with Gasteiger partial charge in [0.2, 0.25) is 0 Å². The molecule has 21 heavy (non-hydrogen) atoms. The van der Waals surface area contributed by atoms with Gasteiger partial charge in [-0.2, -0.15) is 0 Å². The fourth-order valence-corrected chi connectivity index (χ4v) is 3.15.